The molecule has 2 atom stereocenters. The van der Waals surface area contributed by atoms with Gasteiger partial charge in [0.25, 0.3) is 5.91 Å². The number of amides is 2. The maximum absolute atomic E-state index is 13.6. The first-order valence-electron chi connectivity index (χ1n) is 11.6. The molecule has 6 heteroatoms. The Hall–Kier alpha value is -3.67. The van der Waals surface area contributed by atoms with Crippen LogP contribution in [0.15, 0.2) is 66.7 Å². The molecule has 0 N–H and O–H groups in total. The molecule has 33 heavy (non-hydrogen) atoms. The fourth-order valence-electron chi connectivity index (χ4n) is 5.26. The van der Waals surface area contributed by atoms with Gasteiger partial charge in [0.05, 0.1) is 11.7 Å². The molecule has 0 saturated heterocycles. The van der Waals surface area contributed by atoms with Crippen LogP contribution in [0.2, 0.25) is 0 Å². The SMILES string of the molecule is CC1C(=O)N(C)c2ccc(N3C(=O)c4ccccc4C3Cc3ccccc3)nc2N1C1CC1. The van der Waals surface area contributed by atoms with Gasteiger partial charge in [0.2, 0.25) is 5.91 Å². The van der Waals surface area contributed by atoms with Gasteiger partial charge in [0, 0.05) is 18.7 Å². The van der Waals surface area contributed by atoms with Crippen molar-refractivity contribution in [3.05, 3.63) is 83.4 Å². The number of carbonyl (C=O) groups is 2. The van der Waals surface area contributed by atoms with E-state index in [1.165, 1.54) is 5.56 Å². The molecule has 2 amide bonds. The lowest BCUT2D eigenvalue weighted by Crippen LogP contribution is -2.52. The fourth-order valence-corrected chi connectivity index (χ4v) is 5.26. The van der Waals surface area contributed by atoms with Crippen LogP contribution in [0.4, 0.5) is 17.3 Å². The Morgan fingerprint density at radius 2 is 1.67 bits per heavy atom. The van der Waals surface area contributed by atoms with Gasteiger partial charge in [-0.15, -0.1) is 0 Å². The van der Waals surface area contributed by atoms with Crippen LogP contribution in [-0.2, 0) is 11.2 Å². The Kier molecular flexibility index (Phi) is 4.50. The van der Waals surface area contributed by atoms with Crippen molar-refractivity contribution >= 4 is 29.1 Å². The van der Waals surface area contributed by atoms with Gasteiger partial charge in [-0.25, -0.2) is 4.98 Å². The second kappa shape index (κ2) is 7.44. The highest BCUT2D eigenvalue weighted by Crippen LogP contribution is 2.44. The van der Waals surface area contributed by atoms with Crippen molar-refractivity contribution in [2.24, 2.45) is 0 Å². The molecular formula is C27H26N4O2. The molecular weight excluding hydrogens is 412 g/mol. The third kappa shape index (κ3) is 3.12. The number of carbonyl (C=O) groups excluding carboxylic acids is 2. The summed E-state index contributed by atoms with van der Waals surface area (Å²) in [5.74, 6) is 1.49. The quantitative estimate of drug-likeness (QED) is 0.607. The Morgan fingerprint density at radius 1 is 0.939 bits per heavy atom. The van der Waals surface area contributed by atoms with Crippen LogP contribution in [0, 0.1) is 0 Å². The predicted molar refractivity (Wildman–Crippen MR) is 129 cm³/mol. The Morgan fingerprint density at radius 3 is 2.42 bits per heavy atom. The van der Waals surface area contributed by atoms with Crippen LogP contribution in [-0.4, -0.2) is 35.9 Å². The molecule has 3 heterocycles. The van der Waals surface area contributed by atoms with E-state index in [0.29, 0.717) is 18.3 Å². The molecule has 2 aromatic carbocycles. The first-order valence-corrected chi connectivity index (χ1v) is 11.6. The molecule has 3 aromatic rings. The molecule has 1 fully saturated rings. The molecule has 6 nitrogen and oxygen atoms in total. The van der Waals surface area contributed by atoms with Crippen molar-refractivity contribution in [3.8, 4) is 0 Å². The van der Waals surface area contributed by atoms with Crippen molar-refractivity contribution in [1.29, 1.82) is 0 Å². The highest BCUT2D eigenvalue weighted by Gasteiger charge is 2.44. The second-order valence-corrected chi connectivity index (χ2v) is 9.19. The zero-order valence-corrected chi connectivity index (χ0v) is 18.8. The monoisotopic (exact) mass is 438 g/mol. The molecule has 1 saturated carbocycles. The van der Waals surface area contributed by atoms with Crippen LogP contribution in [0.25, 0.3) is 0 Å². The summed E-state index contributed by atoms with van der Waals surface area (Å²) < 4.78 is 0. The molecule has 1 aromatic heterocycles. The normalized spacial score (nSPS) is 21.9. The third-order valence-electron chi connectivity index (χ3n) is 7.09. The zero-order valence-electron chi connectivity index (χ0n) is 18.8. The van der Waals surface area contributed by atoms with Crippen LogP contribution in [0.1, 0.15) is 47.3 Å². The van der Waals surface area contributed by atoms with Gasteiger partial charge in [-0.05, 0) is 55.5 Å². The number of anilines is 3. The van der Waals surface area contributed by atoms with E-state index in [2.05, 4.69) is 17.0 Å². The molecule has 0 spiro atoms. The number of hydrogen-bond donors (Lipinski definition) is 0. The van der Waals surface area contributed by atoms with Gasteiger partial charge in [-0.1, -0.05) is 48.5 Å². The van der Waals surface area contributed by atoms with Crippen molar-refractivity contribution in [2.45, 2.75) is 44.3 Å². The molecule has 0 bridgehead atoms. The third-order valence-corrected chi connectivity index (χ3v) is 7.09. The summed E-state index contributed by atoms with van der Waals surface area (Å²) in [4.78, 5) is 37.1. The summed E-state index contributed by atoms with van der Waals surface area (Å²) in [7, 11) is 1.80. The molecule has 2 aliphatic heterocycles. The molecule has 0 radical (unpaired) electrons. The van der Waals surface area contributed by atoms with E-state index in [9.17, 15) is 9.59 Å². The van der Waals surface area contributed by atoms with E-state index in [1.54, 1.807) is 11.9 Å². The van der Waals surface area contributed by atoms with Gasteiger partial charge in [-0.2, -0.15) is 0 Å². The van der Waals surface area contributed by atoms with E-state index in [1.807, 2.05) is 66.4 Å². The Labute approximate surface area is 193 Å². The standard InChI is InChI=1S/C27H26N4O2/c1-17-26(32)29(2)22-14-15-24(28-25(22)30(17)19-12-13-19)31-23(16-18-8-4-3-5-9-18)20-10-6-7-11-21(20)27(31)33/h3-11,14-15,17,19,23H,12-13,16H2,1-2H3. The van der Waals surface area contributed by atoms with Gasteiger partial charge < -0.3 is 9.80 Å². The van der Waals surface area contributed by atoms with Gasteiger partial charge in [-0.3, -0.25) is 14.5 Å². The molecule has 166 valence electrons. The molecule has 3 aliphatic rings. The summed E-state index contributed by atoms with van der Waals surface area (Å²) >= 11 is 0. The highest BCUT2D eigenvalue weighted by atomic mass is 16.2. The van der Waals surface area contributed by atoms with E-state index >= 15 is 0 Å². The number of likely N-dealkylation sites (N-methyl/N-ethyl adjacent to an activating group) is 1. The Balaban J connectivity index is 1.45. The minimum Gasteiger partial charge on any atom is -0.340 e. The first-order chi connectivity index (χ1) is 16.0. The number of aromatic nitrogens is 1. The van der Waals surface area contributed by atoms with Crippen LogP contribution in [0.3, 0.4) is 0 Å². The number of benzene rings is 2. The molecule has 6 rings (SSSR count). The molecule has 2 unspecified atom stereocenters. The second-order valence-electron chi connectivity index (χ2n) is 9.19. The van der Waals surface area contributed by atoms with Crippen molar-refractivity contribution in [1.82, 2.24) is 4.98 Å². The van der Waals surface area contributed by atoms with Crippen molar-refractivity contribution in [3.63, 3.8) is 0 Å². The minimum atomic E-state index is -0.260. The number of fused-ring (bicyclic) bond motifs is 2. The van der Waals surface area contributed by atoms with Crippen molar-refractivity contribution in [2.75, 3.05) is 21.7 Å². The van der Waals surface area contributed by atoms with E-state index in [4.69, 9.17) is 4.98 Å². The minimum absolute atomic E-state index is 0.0229. The summed E-state index contributed by atoms with van der Waals surface area (Å²) in [6, 6.07) is 21.9. The zero-order chi connectivity index (χ0) is 22.7. The van der Waals surface area contributed by atoms with Gasteiger partial charge >= 0.3 is 0 Å². The smallest absolute Gasteiger partial charge is 0.260 e. The fraction of sp³-hybridized carbons (Fsp3) is 0.296. The topological polar surface area (TPSA) is 56.8 Å². The largest absolute Gasteiger partial charge is 0.340 e. The maximum atomic E-state index is 13.6. The van der Waals surface area contributed by atoms with E-state index in [0.717, 1.165) is 35.5 Å². The highest BCUT2D eigenvalue weighted by molar-refractivity contribution is 6.11. The number of nitrogens with zero attached hydrogens (tertiary/aromatic N) is 4. The predicted octanol–water partition coefficient (Wildman–Crippen LogP) is 4.36. The van der Waals surface area contributed by atoms with Crippen LogP contribution in [0.5, 0.6) is 0 Å². The lowest BCUT2D eigenvalue weighted by Gasteiger charge is -2.40. The summed E-state index contributed by atoms with van der Waals surface area (Å²) in [5.41, 5.74) is 3.74. The van der Waals surface area contributed by atoms with E-state index in [-0.39, 0.29) is 23.9 Å². The first kappa shape index (κ1) is 20.0. The Bertz CT molecular complexity index is 1250. The maximum Gasteiger partial charge on any atom is 0.260 e. The van der Waals surface area contributed by atoms with Crippen LogP contribution >= 0.6 is 0 Å². The summed E-state index contributed by atoms with van der Waals surface area (Å²) in [6.07, 6.45) is 2.85. The summed E-state index contributed by atoms with van der Waals surface area (Å²) in [5, 5.41) is 0. The van der Waals surface area contributed by atoms with E-state index < -0.39 is 0 Å². The molecule has 1 aliphatic carbocycles. The van der Waals surface area contributed by atoms with Crippen LogP contribution < -0.4 is 14.7 Å². The number of hydrogen-bond acceptors (Lipinski definition) is 4. The average molecular weight is 439 g/mol. The number of rotatable bonds is 4. The lowest BCUT2D eigenvalue weighted by molar-refractivity contribution is -0.119. The van der Waals surface area contributed by atoms with Gasteiger partial charge in [0.1, 0.15) is 11.9 Å². The van der Waals surface area contributed by atoms with Crippen molar-refractivity contribution < 1.29 is 9.59 Å². The average Bonchev–Trinajstić information content (AvgIpc) is 3.64. The number of pyridine rings is 1. The lowest BCUT2D eigenvalue weighted by atomic mass is 9.98. The summed E-state index contributed by atoms with van der Waals surface area (Å²) in [6.45, 7) is 1.95. The van der Waals surface area contributed by atoms with Gasteiger partial charge in [0.15, 0.2) is 5.82 Å².